The Morgan fingerprint density at radius 1 is 0.724 bits per heavy atom. The Balaban J connectivity index is 1.44. The van der Waals surface area contributed by atoms with Crippen molar-refractivity contribution in [3.05, 3.63) is 90.0 Å². The van der Waals surface area contributed by atoms with Crippen LogP contribution in [0.3, 0.4) is 0 Å². The number of benzene rings is 3. The maximum absolute atomic E-state index is 6.02. The molecule has 0 radical (unpaired) electrons. The van der Waals surface area contributed by atoms with Gasteiger partial charge in [-0.05, 0) is 48.1 Å². The number of rotatable bonds is 11. The van der Waals surface area contributed by atoms with E-state index in [2.05, 4.69) is 61.6 Å². The molecule has 1 N–H and O–H groups in total. The van der Waals surface area contributed by atoms with Gasteiger partial charge in [0.15, 0.2) is 0 Å². The molecule has 0 aliphatic carbocycles. The SMILES string of the molecule is CC(C)c1ccccc1OCCNc1ccccc1OCCCc1ccccc1. The third kappa shape index (κ3) is 6.56. The standard InChI is InChI=1S/C26H31NO2/c1-21(2)23-14-6-8-16-25(23)29-20-18-27-24-15-7-9-17-26(24)28-19-10-13-22-11-4-3-5-12-22/h3-9,11-12,14-17,21,27H,10,13,18-20H2,1-2H3. The molecule has 29 heavy (non-hydrogen) atoms. The molecule has 0 atom stereocenters. The van der Waals surface area contributed by atoms with Crippen molar-refractivity contribution < 1.29 is 9.47 Å². The Kier molecular flexibility index (Phi) is 8.00. The van der Waals surface area contributed by atoms with Crippen LogP contribution in [0.15, 0.2) is 78.9 Å². The monoisotopic (exact) mass is 389 g/mol. The number of hydrogen-bond donors (Lipinski definition) is 1. The van der Waals surface area contributed by atoms with Crippen LogP contribution in [-0.4, -0.2) is 19.8 Å². The molecule has 3 aromatic carbocycles. The van der Waals surface area contributed by atoms with E-state index in [1.165, 1.54) is 11.1 Å². The zero-order valence-corrected chi connectivity index (χ0v) is 17.4. The minimum atomic E-state index is 0.448. The van der Waals surface area contributed by atoms with Crippen molar-refractivity contribution >= 4 is 5.69 Å². The fourth-order valence-corrected chi connectivity index (χ4v) is 3.28. The average Bonchev–Trinajstić information content (AvgIpc) is 2.76. The van der Waals surface area contributed by atoms with Crippen molar-refractivity contribution in [2.75, 3.05) is 25.1 Å². The van der Waals surface area contributed by atoms with Gasteiger partial charge in [0.2, 0.25) is 0 Å². The summed E-state index contributed by atoms with van der Waals surface area (Å²) in [6.07, 6.45) is 2.02. The first-order chi connectivity index (χ1) is 14.2. The Hall–Kier alpha value is -2.94. The number of hydrogen-bond acceptors (Lipinski definition) is 3. The topological polar surface area (TPSA) is 30.5 Å². The molecule has 0 aromatic heterocycles. The van der Waals surface area contributed by atoms with Crippen molar-refractivity contribution in [3.63, 3.8) is 0 Å². The molecule has 3 nitrogen and oxygen atoms in total. The summed E-state index contributed by atoms with van der Waals surface area (Å²) in [5, 5.41) is 3.44. The van der Waals surface area contributed by atoms with Crippen LogP contribution in [0.5, 0.6) is 11.5 Å². The van der Waals surface area contributed by atoms with Crippen LogP contribution in [0.1, 0.15) is 37.3 Å². The third-order valence-corrected chi connectivity index (χ3v) is 4.81. The molecule has 0 unspecified atom stereocenters. The molecular weight excluding hydrogens is 358 g/mol. The van der Waals surface area contributed by atoms with Crippen molar-refractivity contribution in [1.29, 1.82) is 0 Å². The molecule has 0 amide bonds. The summed E-state index contributed by atoms with van der Waals surface area (Å²) in [6.45, 7) is 6.40. The van der Waals surface area contributed by atoms with Gasteiger partial charge in [0.05, 0.1) is 12.3 Å². The van der Waals surface area contributed by atoms with Crippen LogP contribution in [-0.2, 0) is 6.42 Å². The maximum Gasteiger partial charge on any atom is 0.142 e. The summed E-state index contributed by atoms with van der Waals surface area (Å²) >= 11 is 0. The van der Waals surface area contributed by atoms with Gasteiger partial charge in [-0.3, -0.25) is 0 Å². The van der Waals surface area contributed by atoms with Crippen molar-refractivity contribution in [1.82, 2.24) is 0 Å². The maximum atomic E-state index is 6.02. The van der Waals surface area contributed by atoms with E-state index in [0.717, 1.165) is 36.6 Å². The highest BCUT2D eigenvalue weighted by atomic mass is 16.5. The van der Waals surface area contributed by atoms with Gasteiger partial charge in [-0.2, -0.15) is 0 Å². The number of ether oxygens (including phenoxy) is 2. The molecule has 0 aliphatic heterocycles. The van der Waals surface area contributed by atoms with E-state index in [1.807, 2.05) is 36.4 Å². The minimum Gasteiger partial charge on any atom is -0.491 e. The summed E-state index contributed by atoms with van der Waals surface area (Å²) in [5.74, 6) is 2.31. The molecule has 0 saturated carbocycles. The molecule has 3 aromatic rings. The lowest BCUT2D eigenvalue weighted by Gasteiger charge is -2.16. The molecule has 3 rings (SSSR count). The first-order valence-electron chi connectivity index (χ1n) is 10.5. The molecular formula is C26H31NO2. The quantitative estimate of drug-likeness (QED) is 0.390. The zero-order valence-electron chi connectivity index (χ0n) is 17.4. The summed E-state index contributed by atoms with van der Waals surface area (Å²) in [6, 6.07) is 26.9. The summed E-state index contributed by atoms with van der Waals surface area (Å²) in [5.41, 5.74) is 3.60. The smallest absolute Gasteiger partial charge is 0.142 e. The second-order valence-corrected chi connectivity index (χ2v) is 7.40. The number of nitrogens with one attached hydrogen (secondary N) is 1. The summed E-state index contributed by atoms with van der Waals surface area (Å²) in [4.78, 5) is 0. The predicted octanol–water partition coefficient (Wildman–Crippen LogP) is 6.31. The lowest BCUT2D eigenvalue weighted by atomic mass is 10.0. The van der Waals surface area contributed by atoms with Gasteiger partial charge in [0.25, 0.3) is 0 Å². The van der Waals surface area contributed by atoms with Crippen molar-refractivity contribution in [2.45, 2.75) is 32.6 Å². The molecule has 0 aliphatic rings. The van der Waals surface area contributed by atoms with E-state index >= 15 is 0 Å². The van der Waals surface area contributed by atoms with Crippen LogP contribution in [0.25, 0.3) is 0 Å². The highest BCUT2D eigenvalue weighted by molar-refractivity contribution is 5.56. The van der Waals surface area contributed by atoms with E-state index in [1.54, 1.807) is 0 Å². The number of anilines is 1. The van der Waals surface area contributed by atoms with Gasteiger partial charge in [-0.15, -0.1) is 0 Å². The van der Waals surface area contributed by atoms with E-state index in [9.17, 15) is 0 Å². The highest BCUT2D eigenvalue weighted by Crippen LogP contribution is 2.26. The molecule has 3 heteroatoms. The van der Waals surface area contributed by atoms with E-state index in [4.69, 9.17) is 9.47 Å². The predicted molar refractivity (Wildman–Crippen MR) is 121 cm³/mol. The normalized spacial score (nSPS) is 10.7. The van der Waals surface area contributed by atoms with E-state index < -0.39 is 0 Å². The van der Waals surface area contributed by atoms with Gasteiger partial charge in [-0.25, -0.2) is 0 Å². The van der Waals surface area contributed by atoms with Crippen LogP contribution in [0.4, 0.5) is 5.69 Å². The Labute approximate surface area is 174 Å². The molecule has 0 spiro atoms. The fraction of sp³-hybridized carbons (Fsp3) is 0.308. The van der Waals surface area contributed by atoms with Crippen LogP contribution < -0.4 is 14.8 Å². The van der Waals surface area contributed by atoms with Crippen LogP contribution in [0, 0.1) is 0 Å². The first kappa shape index (κ1) is 20.8. The second-order valence-electron chi connectivity index (χ2n) is 7.40. The van der Waals surface area contributed by atoms with Crippen LogP contribution >= 0.6 is 0 Å². The Morgan fingerprint density at radius 3 is 2.17 bits per heavy atom. The average molecular weight is 390 g/mol. The van der Waals surface area contributed by atoms with E-state index in [-0.39, 0.29) is 0 Å². The summed E-state index contributed by atoms with van der Waals surface area (Å²) in [7, 11) is 0. The van der Waals surface area contributed by atoms with Gasteiger partial charge in [-0.1, -0.05) is 74.5 Å². The Bertz CT molecular complexity index is 861. The largest absolute Gasteiger partial charge is 0.491 e. The molecule has 0 bridgehead atoms. The number of para-hydroxylation sites is 3. The lowest BCUT2D eigenvalue weighted by molar-refractivity contribution is 0.311. The van der Waals surface area contributed by atoms with Gasteiger partial charge in [0, 0.05) is 6.54 Å². The van der Waals surface area contributed by atoms with Gasteiger partial charge < -0.3 is 14.8 Å². The lowest BCUT2D eigenvalue weighted by Crippen LogP contribution is -2.13. The second kappa shape index (κ2) is 11.2. The van der Waals surface area contributed by atoms with Crippen molar-refractivity contribution in [2.24, 2.45) is 0 Å². The first-order valence-corrected chi connectivity index (χ1v) is 10.5. The van der Waals surface area contributed by atoms with Gasteiger partial charge >= 0.3 is 0 Å². The molecule has 0 fully saturated rings. The zero-order chi connectivity index (χ0) is 20.3. The summed E-state index contributed by atoms with van der Waals surface area (Å²) < 4.78 is 12.0. The highest BCUT2D eigenvalue weighted by Gasteiger charge is 2.07. The molecule has 0 heterocycles. The molecule has 152 valence electrons. The molecule has 0 saturated heterocycles. The fourth-order valence-electron chi connectivity index (χ4n) is 3.28. The van der Waals surface area contributed by atoms with Crippen LogP contribution in [0.2, 0.25) is 0 Å². The van der Waals surface area contributed by atoms with Crippen molar-refractivity contribution in [3.8, 4) is 11.5 Å². The minimum absolute atomic E-state index is 0.448. The van der Waals surface area contributed by atoms with Gasteiger partial charge in [0.1, 0.15) is 18.1 Å². The third-order valence-electron chi connectivity index (χ3n) is 4.81. The van der Waals surface area contributed by atoms with E-state index in [0.29, 0.717) is 19.1 Å². The Morgan fingerprint density at radius 2 is 1.38 bits per heavy atom. The number of aryl methyl sites for hydroxylation is 1.